The van der Waals surface area contributed by atoms with Gasteiger partial charge in [-0.3, -0.25) is 28.8 Å². The maximum absolute atomic E-state index is 13.0. The molecule has 1 aromatic rings. The predicted octanol–water partition coefficient (Wildman–Crippen LogP) is -2.98. The van der Waals surface area contributed by atoms with Crippen molar-refractivity contribution < 1.29 is 54.0 Å². The number of aliphatic carboxylic acids is 4. The molecule has 0 fully saturated rings. The number of nitrogens with zero attached hydrogens (tertiary/aromatic N) is 1. The van der Waals surface area contributed by atoms with E-state index in [0.717, 1.165) is 0 Å². The van der Waals surface area contributed by atoms with Gasteiger partial charge in [0.05, 0.1) is 18.8 Å². The molecular weight excluding hydrogens is 500 g/mol. The van der Waals surface area contributed by atoms with Crippen molar-refractivity contribution in [2.24, 2.45) is 5.73 Å². The summed E-state index contributed by atoms with van der Waals surface area (Å²) in [5.41, 5.74) is 6.05. The first kappa shape index (κ1) is 30.5. The molecule has 0 saturated carbocycles. The number of carbonyl (C=O) groups is 7. The third-order valence-corrected chi connectivity index (χ3v) is 4.89. The van der Waals surface area contributed by atoms with E-state index in [0.29, 0.717) is 5.69 Å². The molecule has 3 amide bonds. The van der Waals surface area contributed by atoms with Gasteiger partial charge < -0.3 is 47.1 Å². The van der Waals surface area contributed by atoms with Crippen molar-refractivity contribution in [3.8, 4) is 0 Å². The van der Waals surface area contributed by atoms with Gasteiger partial charge in [0, 0.05) is 31.2 Å². The number of carboxylic acid groups (broad SMARTS) is 4. The fourth-order valence-electron chi connectivity index (χ4n) is 2.97. The maximum Gasteiger partial charge on any atom is 0.326 e. The van der Waals surface area contributed by atoms with E-state index in [1.54, 1.807) is 0 Å². The first-order valence-corrected chi connectivity index (χ1v) is 10.8. The smallest absolute Gasteiger partial charge is 0.326 e. The van der Waals surface area contributed by atoms with E-state index in [2.05, 4.69) is 20.6 Å². The lowest BCUT2D eigenvalue weighted by molar-refractivity contribution is -0.147. The Labute approximate surface area is 208 Å². The van der Waals surface area contributed by atoms with Gasteiger partial charge in [-0.25, -0.2) is 9.78 Å². The minimum atomic E-state index is -1.86. The van der Waals surface area contributed by atoms with Gasteiger partial charge in [-0.05, 0) is 12.8 Å². The van der Waals surface area contributed by atoms with Crippen LogP contribution in [0.5, 0.6) is 0 Å². The van der Waals surface area contributed by atoms with Crippen LogP contribution < -0.4 is 21.7 Å². The van der Waals surface area contributed by atoms with Gasteiger partial charge in [0.15, 0.2) is 0 Å². The van der Waals surface area contributed by atoms with Gasteiger partial charge >= 0.3 is 23.9 Å². The van der Waals surface area contributed by atoms with Crippen LogP contribution in [0.1, 0.15) is 37.8 Å². The fourth-order valence-corrected chi connectivity index (χ4v) is 2.97. The van der Waals surface area contributed by atoms with Gasteiger partial charge in [0.2, 0.25) is 17.7 Å². The Kier molecular flexibility index (Phi) is 12.2. The minimum absolute atomic E-state index is 0.187. The van der Waals surface area contributed by atoms with E-state index in [-0.39, 0.29) is 12.8 Å². The van der Waals surface area contributed by atoms with Crippen LogP contribution in [-0.2, 0) is 40.0 Å². The molecule has 0 aliphatic carbocycles. The molecule has 0 spiro atoms. The summed E-state index contributed by atoms with van der Waals surface area (Å²) in [5, 5.41) is 42.2. The largest absolute Gasteiger partial charge is 0.481 e. The number of aromatic nitrogens is 2. The van der Waals surface area contributed by atoms with Gasteiger partial charge in [0.1, 0.15) is 18.1 Å². The summed E-state index contributed by atoms with van der Waals surface area (Å²) in [6.45, 7) is 0. The predicted molar refractivity (Wildman–Crippen MR) is 120 cm³/mol. The van der Waals surface area contributed by atoms with Crippen LogP contribution in [0.3, 0.4) is 0 Å². The molecule has 17 heteroatoms. The lowest BCUT2D eigenvalue weighted by Gasteiger charge is -2.24. The number of nitrogens with one attached hydrogen (secondary N) is 4. The van der Waals surface area contributed by atoms with Crippen LogP contribution in [0, 0.1) is 0 Å². The molecule has 37 heavy (non-hydrogen) atoms. The summed E-state index contributed by atoms with van der Waals surface area (Å²) < 4.78 is 0. The van der Waals surface area contributed by atoms with Crippen LogP contribution in [0.2, 0.25) is 0 Å². The van der Waals surface area contributed by atoms with E-state index in [9.17, 15) is 33.6 Å². The number of nitrogens with two attached hydrogens (primary N) is 1. The van der Waals surface area contributed by atoms with Crippen LogP contribution in [0.25, 0.3) is 0 Å². The first-order valence-electron chi connectivity index (χ1n) is 10.8. The molecule has 1 heterocycles. The van der Waals surface area contributed by atoms with Crippen molar-refractivity contribution in [1.29, 1.82) is 0 Å². The van der Waals surface area contributed by atoms with Crippen molar-refractivity contribution in [2.45, 2.75) is 62.7 Å². The molecule has 204 valence electrons. The molecule has 10 N–H and O–H groups in total. The van der Waals surface area contributed by atoms with Crippen LogP contribution in [0.15, 0.2) is 12.5 Å². The number of imidazole rings is 1. The first-order chi connectivity index (χ1) is 17.3. The molecule has 0 bridgehead atoms. The van der Waals surface area contributed by atoms with Gasteiger partial charge in [-0.15, -0.1) is 0 Å². The van der Waals surface area contributed by atoms with Crippen molar-refractivity contribution in [2.75, 3.05) is 0 Å². The van der Waals surface area contributed by atoms with Crippen molar-refractivity contribution in [3.63, 3.8) is 0 Å². The zero-order valence-corrected chi connectivity index (χ0v) is 19.4. The molecule has 0 saturated heterocycles. The number of carboxylic acids is 4. The Bertz CT molecular complexity index is 997. The van der Waals surface area contributed by atoms with Crippen LogP contribution >= 0.6 is 0 Å². The SMILES string of the molecule is NC(CCC(=O)O)C(=O)NC(Cc1cnc[nH]1)C(=O)NC(CCC(=O)O)C(=O)NC(CC(=O)O)C(=O)O. The topological polar surface area (TPSA) is 291 Å². The number of amides is 3. The highest BCUT2D eigenvalue weighted by atomic mass is 16.4. The molecule has 17 nitrogen and oxygen atoms in total. The van der Waals surface area contributed by atoms with Crippen molar-refractivity contribution >= 4 is 41.6 Å². The normalized spacial score (nSPS) is 13.9. The zero-order valence-electron chi connectivity index (χ0n) is 19.4. The van der Waals surface area contributed by atoms with Crippen molar-refractivity contribution in [3.05, 3.63) is 18.2 Å². The summed E-state index contributed by atoms with van der Waals surface area (Å²) in [7, 11) is 0. The van der Waals surface area contributed by atoms with Gasteiger partial charge in [-0.2, -0.15) is 0 Å². The number of rotatable bonds is 17. The molecule has 0 aliphatic rings. The molecule has 4 atom stereocenters. The molecule has 1 aromatic heterocycles. The second-order valence-corrected chi connectivity index (χ2v) is 7.87. The zero-order chi connectivity index (χ0) is 28.1. The number of H-pyrrole nitrogens is 1. The summed E-state index contributed by atoms with van der Waals surface area (Å²) >= 11 is 0. The number of aromatic amines is 1. The second kappa shape index (κ2) is 14.8. The third kappa shape index (κ3) is 11.6. The maximum atomic E-state index is 13.0. The Morgan fingerprint density at radius 1 is 0.784 bits per heavy atom. The molecule has 0 radical (unpaired) electrons. The summed E-state index contributed by atoms with van der Waals surface area (Å²) in [6, 6.07) is -6.15. The highest BCUT2D eigenvalue weighted by Gasteiger charge is 2.31. The monoisotopic (exact) mass is 528 g/mol. The molecular formula is C20H28N6O11. The second-order valence-electron chi connectivity index (χ2n) is 7.87. The molecule has 0 aliphatic heterocycles. The summed E-state index contributed by atoms with van der Waals surface area (Å²) in [4.78, 5) is 88.5. The Morgan fingerprint density at radius 2 is 1.32 bits per heavy atom. The van der Waals surface area contributed by atoms with E-state index >= 15 is 0 Å². The molecule has 1 rings (SSSR count). The minimum Gasteiger partial charge on any atom is -0.481 e. The highest BCUT2D eigenvalue weighted by molar-refractivity contribution is 5.95. The number of hydrogen-bond donors (Lipinski definition) is 9. The Balaban J connectivity index is 3.08. The summed E-state index contributed by atoms with van der Waals surface area (Å²) in [5.74, 6) is -8.74. The Hall–Kier alpha value is -4.54. The van der Waals surface area contributed by atoms with E-state index in [1.807, 2.05) is 5.32 Å². The molecule has 4 unspecified atom stereocenters. The van der Waals surface area contributed by atoms with Crippen LogP contribution in [-0.4, -0.2) is 96.2 Å². The lowest BCUT2D eigenvalue weighted by atomic mass is 10.1. The van der Waals surface area contributed by atoms with Crippen molar-refractivity contribution in [1.82, 2.24) is 25.9 Å². The standard InChI is InChI=1S/C20H28N6O11/c21-10(1-3-14(27)28)17(33)25-12(5-9-7-22-8-23-9)19(35)24-11(2-4-15(29)30)18(34)26-13(20(36)37)6-16(31)32/h7-8,10-13H,1-6,21H2,(H,22,23)(H,24,35)(H,25,33)(H,26,34)(H,27,28)(H,29,30)(H,31,32)(H,36,37). The summed E-state index contributed by atoms with van der Waals surface area (Å²) in [6.07, 6.45) is -0.284. The highest BCUT2D eigenvalue weighted by Crippen LogP contribution is 2.06. The lowest BCUT2D eigenvalue weighted by Crippen LogP contribution is -2.57. The average Bonchev–Trinajstić information content (AvgIpc) is 3.31. The van der Waals surface area contributed by atoms with Crippen LogP contribution in [0.4, 0.5) is 0 Å². The molecule has 0 aromatic carbocycles. The quantitative estimate of drug-likeness (QED) is 0.0976. The fraction of sp³-hybridized carbons (Fsp3) is 0.500. The Morgan fingerprint density at radius 3 is 1.84 bits per heavy atom. The third-order valence-electron chi connectivity index (χ3n) is 4.89. The average molecular weight is 528 g/mol. The number of hydrogen-bond acceptors (Lipinski definition) is 9. The van der Waals surface area contributed by atoms with E-state index in [1.165, 1.54) is 12.5 Å². The van der Waals surface area contributed by atoms with E-state index in [4.69, 9.17) is 26.2 Å². The number of carbonyl (C=O) groups excluding carboxylic acids is 3. The van der Waals surface area contributed by atoms with Gasteiger partial charge in [0.25, 0.3) is 0 Å². The van der Waals surface area contributed by atoms with E-state index < -0.39 is 91.4 Å². The van der Waals surface area contributed by atoms with Gasteiger partial charge in [-0.1, -0.05) is 0 Å².